The highest BCUT2D eigenvalue weighted by Gasteiger charge is 2.21. The zero-order valence-electron chi connectivity index (χ0n) is 14.2. The Hall–Kier alpha value is -2.67. The molecule has 7 heteroatoms. The van der Waals surface area contributed by atoms with E-state index in [1.165, 1.54) is 0 Å². The molecule has 0 bridgehead atoms. The van der Waals surface area contributed by atoms with Gasteiger partial charge in [0.25, 0.3) is 5.91 Å². The summed E-state index contributed by atoms with van der Waals surface area (Å²) in [6, 6.07) is 7.39. The molecule has 0 unspecified atom stereocenters. The van der Waals surface area contributed by atoms with Crippen molar-refractivity contribution in [3.8, 4) is 17.0 Å². The van der Waals surface area contributed by atoms with Crippen molar-refractivity contribution < 1.29 is 9.53 Å². The Balaban J connectivity index is 2.50. The molecule has 0 atom stereocenters. The Morgan fingerprint density at radius 2 is 2.00 bits per heavy atom. The van der Waals surface area contributed by atoms with E-state index < -0.39 is 5.91 Å². The summed E-state index contributed by atoms with van der Waals surface area (Å²) in [4.78, 5) is 20.5. The number of hydrogen-bond donors (Lipinski definition) is 3. The molecule has 0 saturated carbocycles. The van der Waals surface area contributed by atoms with Crippen LogP contribution in [0.3, 0.4) is 0 Å². The van der Waals surface area contributed by atoms with E-state index in [1.54, 1.807) is 6.92 Å². The summed E-state index contributed by atoms with van der Waals surface area (Å²) in [6.07, 6.45) is 0.926. The van der Waals surface area contributed by atoms with E-state index >= 15 is 0 Å². The van der Waals surface area contributed by atoms with Crippen LogP contribution in [0.1, 0.15) is 36.3 Å². The molecule has 0 saturated heterocycles. The maximum Gasteiger partial charge on any atom is 0.269 e. The lowest BCUT2D eigenvalue weighted by atomic mass is 10.0. The van der Waals surface area contributed by atoms with Crippen molar-refractivity contribution in [2.24, 2.45) is 11.8 Å². The van der Waals surface area contributed by atoms with E-state index in [4.69, 9.17) is 16.3 Å². The highest BCUT2D eigenvalue weighted by atomic mass is 16.5. The van der Waals surface area contributed by atoms with E-state index in [9.17, 15) is 4.79 Å². The highest BCUT2D eigenvalue weighted by Crippen LogP contribution is 2.32. The van der Waals surface area contributed by atoms with Crippen LogP contribution < -0.4 is 21.7 Å². The highest BCUT2D eigenvalue weighted by molar-refractivity contribution is 6.01. The van der Waals surface area contributed by atoms with Gasteiger partial charge in [-0.05, 0) is 31.4 Å². The number of nitrogens with zero attached hydrogens (tertiary/aromatic N) is 2. The molecular formula is C17H23N5O2. The van der Waals surface area contributed by atoms with Crippen LogP contribution in [0, 0.1) is 12.8 Å². The number of nitrogens with two attached hydrogens (primary N) is 2. The Kier molecular flexibility index (Phi) is 5.70. The predicted octanol–water partition coefficient (Wildman–Crippen LogP) is 2.06. The van der Waals surface area contributed by atoms with Gasteiger partial charge in [0.1, 0.15) is 5.75 Å². The number of nitrogens with one attached hydrogen (secondary N) is 1. The Morgan fingerprint density at radius 1 is 1.29 bits per heavy atom. The minimum Gasteiger partial charge on any atom is -0.493 e. The predicted molar refractivity (Wildman–Crippen MR) is 93.2 cm³/mol. The fourth-order valence-electron chi connectivity index (χ4n) is 2.33. The van der Waals surface area contributed by atoms with Crippen LogP contribution in [0.5, 0.6) is 5.75 Å². The number of benzene rings is 1. The molecule has 24 heavy (non-hydrogen) atoms. The smallest absolute Gasteiger partial charge is 0.269 e. The molecule has 128 valence electrons. The topological polar surface area (TPSA) is 116 Å². The normalized spacial score (nSPS) is 10.7. The minimum atomic E-state index is -0.473. The first-order valence-corrected chi connectivity index (χ1v) is 7.81. The lowest BCUT2D eigenvalue weighted by Crippen LogP contribution is -2.31. The molecular weight excluding hydrogens is 306 g/mol. The van der Waals surface area contributed by atoms with Crippen LogP contribution in [0.15, 0.2) is 24.3 Å². The number of nitrogen functional groups attached to an aromatic ring is 2. The van der Waals surface area contributed by atoms with Crippen molar-refractivity contribution in [3.63, 3.8) is 0 Å². The van der Waals surface area contributed by atoms with Gasteiger partial charge in [0.2, 0.25) is 5.95 Å². The maximum atomic E-state index is 12.2. The zero-order valence-corrected chi connectivity index (χ0v) is 14.2. The van der Waals surface area contributed by atoms with Gasteiger partial charge in [0.05, 0.1) is 23.6 Å². The van der Waals surface area contributed by atoms with E-state index in [-0.39, 0.29) is 11.5 Å². The first-order chi connectivity index (χ1) is 11.4. The van der Waals surface area contributed by atoms with Gasteiger partial charge in [-0.2, -0.15) is 0 Å². The summed E-state index contributed by atoms with van der Waals surface area (Å²) in [6.45, 7) is 6.53. The molecule has 0 spiro atoms. The Labute approximate surface area is 141 Å². The third-order valence-corrected chi connectivity index (χ3v) is 3.56. The largest absolute Gasteiger partial charge is 0.493 e. The molecule has 1 aromatic carbocycles. The molecule has 0 aliphatic heterocycles. The van der Waals surface area contributed by atoms with Crippen LogP contribution in [-0.4, -0.2) is 22.5 Å². The van der Waals surface area contributed by atoms with Crippen molar-refractivity contribution in [2.45, 2.75) is 27.2 Å². The van der Waals surface area contributed by atoms with Gasteiger partial charge in [0, 0.05) is 5.56 Å². The minimum absolute atomic E-state index is 0.0908. The van der Waals surface area contributed by atoms with E-state index in [2.05, 4.69) is 29.2 Å². The summed E-state index contributed by atoms with van der Waals surface area (Å²) in [5.74, 6) is 6.09. The van der Waals surface area contributed by atoms with Gasteiger partial charge in [0.15, 0.2) is 0 Å². The number of aryl methyl sites for hydroxylation is 1. The molecule has 2 aromatic rings. The Bertz CT molecular complexity index is 731. The molecule has 1 aromatic heterocycles. The molecule has 7 nitrogen and oxygen atoms in total. The summed E-state index contributed by atoms with van der Waals surface area (Å²) in [5.41, 5.74) is 9.72. The number of carbonyl (C=O) groups is 1. The molecule has 0 fully saturated rings. The number of anilines is 1. The van der Waals surface area contributed by atoms with Gasteiger partial charge in [-0.15, -0.1) is 0 Å². The zero-order chi connectivity index (χ0) is 17.7. The molecule has 0 aliphatic carbocycles. The summed E-state index contributed by atoms with van der Waals surface area (Å²) in [7, 11) is 0. The quantitative estimate of drug-likeness (QED) is 0.424. The maximum absolute atomic E-state index is 12.2. The van der Waals surface area contributed by atoms with Crippen LogP contribution >= 0.6 is 0 Å². The summed E-state index contributed by atoms with van der Waals surface area (Å²) >= 11 is 0. The molecule has 1 heterocycles. The first kappa shape index (κ1) is 17.7. The number of rotatable bonds is 6. The van der Waals surface area contributed by atoms with Crippen LogP contribution in [-0.2, 0) is 0 Å². The number of carbonyl (C=O) groups excluding carboxylic acids is 1. The second-order valence-electron chi connectivity index (χ2n) is 5.89. The SMILES string of the molecule is Cc1nc(N)nc(-c2ccccc2OCCC(C)C)c1C(=O)NN. The third-order valence-electron chi connectivity index (χ3n) is 3.56. The number of para-hydroxylation sites is 1. The molecule has 5 N–H and O–H groups in total. The van der Waals surface area contributed by atoms with Crippen molar-refractivity contribution in [1.82, 2.24) is 15.4 Å². The molecule has 0 radical (unpaired) electrons. The van der Waals surface area contributed by atoms with Gasteiger partial charge >= 0.3 is 0 Å². The number of aromatic nitrogens is 2. The molecule has 1 amide bonds. The van der Waals surface area contributed by atoms with Gasteiger partial charge in [-0.1, -0.05) is 26.0 Å². The van der Waals surface area contributed by atoms with Gasteiger partial charge in [-0.3, -0.25) is 10.2 Å². The summed E-state index contributed by atoms with van der Waals surface area (Å²) in [5, 5.41) is 0. The number of hydrogen-bond acceptors (Lipinski definition) is 6. The number of ether oxygens (including phenoxy) is 1. The van der Waals surface area contributed by atoms with Crippen molar-refractivity contribution in [2.75, 3.05) is 12.3 Å². The van der Waals surface area contributed by atoms with Gasteiger partial charge in [-0.25, -0.2) is 15.8 Å². The van der Waals surface area contributed by atoms with Crippen molar-refractivity contribution >= 4 is 11.9 Å². The average Bonchev–Trinajstić information content (AvgIpc) is 2.53. The fraction of sp³-hybridized carbons (Fsp3) is 0.353. The lowest BCUT2D eigenvalue weighted by Gasteiger charge is -2.15. The molecule has 0 aliphatic rings. The van der Waals surface area contributed by atoms with E-state index in [1.807, 2.05) is 24.3 Å². The van der Waals surface area contributed by atoms with Crippen LogP contribution in [0.25, 0.3) is 11.3 Å². The van der Waals surface area contributed by atoms with Crippen molar-refractivity contribution in [3.05, 3.63) is 35.5 Å². The van der Waals surface area contributed by atoms with E-state index in [0.717, 1.165) is 6.42 Å². The molecule has 2 rings (SSSR count). The number of hydrazine groups is 1. The second-order valence-corrected chi connectivity index (χ2v) is 5.89. The van der Waals surface area contributed by atoms with Crippen molar-refractivity contribution in [1.29, 1.82) is 0 Å². The Morgan fingerprint density at radius 3 is 2.67 bits per heavy atom. The van der Waals surface area contributed by atoms with Crippen LogP contribution in [0.2, 0.25) is 0 Å². The lowest BCUT2D eigenvalue weighted by molar-refractivity contribution is 0.0953. The summed E-state index contributed by atoms with van der Waals surface area (Å²) < 4.78 is 5.89. The van der Waals surface area contributed by atoms with E-state index in [0.29, 0.717) is 35.2 Å². The number of amides is 1. The third kappa shape index (κ3) is 3.99. The van der Waals surface area contributed by atoms with Gasteiger partial charge < -0.3 is 10.5 Å². The first-order valence-electron chi connectivity index (χ1n) is 7.81. The standard InChI is InChI=1S/C17H23N5O2/c1-10(2)8-9-24-13-7-5-4-6-12(13)15-14(16(23)22-19)11(3)20-17(18)21-15/h4-7,10H,8-9,19H2,1-3H3,(H,22,23)(H2,18,20,21). The second kappa shape index (κ2) is 7.74. The average molecular weight is 329 g/mol. The monoisotopic (exact) mass is 329 g/mol. The fourth-order valence-corrected chi connectivity index (χ4v) is 2.33. The van der Waals surface area contributed by atoms with Crippen LogP contribution in [0.4, 0.5) is 5.95 Å².